The predicted molar refractivity (Wildman–Crippen MR) is 99.9 cm³/mol. The fourth-order valence-corrected chi connectivity index (χ4v) is 5.58. The van der Waals surface area contributed by atoms with Crippen LogP contribution in [0.3, 0.4) is 0 Å². The number of hydrogen-bond acceptors (Lipinski definition) is 4. The Bertz CT molecular complexity index is 694. The van der Waals surface area contributed by atoms with E-state index in [1.165, 1.54) is 42.6 Å². The second-order valence-electron chi connectivity index (χ2n) is 7.59. The fraction of sp³-hybridized carbons (Fsp3) is 0.684. The molecule has 1 amide bonds. The van der Waals surface area contributed by atoms with Gasteiger partial charge in [-0.1, -0.05) is 19.3 Å². The van der Waals surface area contributed by atoms with Crippen LogP contribution < -0.4 is 0 Å². The van der Waals surface area contributed by atoms with Gasteiger partial charge < -0.3 is 4.90 Å². The second-order valence-corrected chi connectivity index (χ2v) is 9.53. The van der Waals surface area contributed by atoms with Gasteiger partial charge in [0.15, 0.2) is 0 Å². The minimum absolute atomic E-state index is 0.0658. The maximum absolute atomic E-state index is 12.7. The fourth-order valence-electron chi connectivity index (χ4n) is 4.15. The normalized spacial score (nSPS) is 20.8. The van der Waals surface area contributed by atoms with Crippen molar-refractivity contribution in [2.24, 2.45) is 11.8 Å². The van der Waals surface area contributed by atoms with Crippen molar-refractivity contribution < 1.29 is 13.2 Å². The van der Waals surface area contributed by atoms with E-state index in [1.807, 2.05) is 11.9 Å². The molecule has 1 aromatic heterocycles. The Morgan fingerprint density at radius 2 is 1.88 bits per heavy atom. The van der Waals surface area contributed by atoms with Crippen molar-refractivity contribution in [3.05, 3.63) is 24.5 Å². The topological polar surface area (TPSA) is 70.6 Å². The van der Waals surface area contributed by atoms with Gasteiger partial charge in [0.05, 0.1) is 0 Å². The lowest BCUT2D eigenvalue weighted by Crippen LogP contribution is -2.44. The first-order chi connectivity index (χ1) is 12.5. The molecule has 6 nitrogen and oxygen atoms in total. The molecule has 0 N–H and O–H groups in total. The van der Waals surface area contributed by atoms with Crippen LogP contribution in [0.15, 0.2) is 29.4 Å². The van der Waals surface area contributed by atoms with Crippen molar-refractivity contribution in [1.82, 2.24) is 14.2 Å². The maximum atomic E-state index is 12.7. The number of aromatic nitrogens is 1. The summed E-state index contributed by atoms with van der Waals surface area (Å²) in [6.07, 6.45) is 10.4. The Labute approximate surface area is 156 Å². The Kier molecular flexibility index (Phi) is 6.29. The van der Waals surface area contributed by atoms with E-state index in [-0.39, 0.29) is 16.7 Å². The van der Waals surface area contributed by atoms with Gasteiger partial charge >= 0.3 is 0 Å². The summed E-state index contributed by atoms with van der Waals surface area (Å²) in [5.74, 6) is 0.738. The van der Waals surface area contributed by atoms with Crippen LogP contribution in [0.4, 0.5) is 0 Å². The third-order valence-electron chi connectivity index (χ3n) is 5.71. The van der Waals surface area contributed by atoms with E-state index in [9.17, 15) is 13.2 Å². The van der Waals surface area contributed by atoms with Crippen LogP contribution >= 0.6 is 0 Å². The molecule has 0 radical (unpaired) electrons. The number of carbonyl (C=O) groups is 1. The summed E-state index contributed by atoms with van der Waals surface area (Å²) in [7, 11) is -1.61. The molecule has 0 bridgehead atoms. The first kappa shape index (κ1) is 19.3. The molecule has 1 saturated heterocycles. The smallest absolute Gasteiger partial charge is 0.244 e. The summed E-state index contributed by atoms with van der Waals surface area (Å²) < 4.78 is 26.8. The molecule has 1 aliphatic carbocycles. The molecule has 26 heavy (non-hydrogen) atoms. The van der Waals surface area contributed by atoms with E-state index in [2.05, 4.69) is 4.98 Å². The lowest BCUT2D eigenvalue weighted by Gasteiger charge is -2.34. The molecule has 3 rings (SSSR count). The second kappa shape index (κ2) is 8.48. The van der Waals surface area contributed by atoms with Gasteiger partial charge in [0, 0.05) is 45.0 Å². The predicted octanol–water partition coefficient (Wildman–Crippen LogP) is 2.52. The van der Waals surface area contributed by atoms with E-state index >= 15 is 0 Å². The van der Waals surface area contributed by atoms with Crippen LogP contribution in [-0.4, -0.2) is 55.2 Å². The van der Waals surface area contributed by atoms with Crippen LogP contribution in [0.25, 0.3) is 0 Å². The molecular formula is C19H29N3O3S. The van der Waals surface area contributed by atoms with Gasteiger partial charge in [0.1, 0.15) is 4.90 Å². The summed E-state index contributed by atoms with van der Waals surface area (Å²) in [6, 6.07) is 3.20. The third-order valence-corrected chi connectivity index (χ3v) is 7.59. The average Bonchev–Trinajstić information content (AvgIpc) is 2.69. The standard InChI is InChI=1S/C19H29N3O3S/c1-21(15-16-6-3-2-4-7-16)19(23)17-9-12-22(13-10-17)26(24,25)18-8-5-11-20-14-18/h5,8,11,14,16-17H,2-4,6-7,9-10,12-13,15H2,1H3. The van der Waals surface area contributed by atoms with Gasteiger partial charge in [-0.2, -0.15) is 4.31 Å². The number of amides is 1. The van der Waals surface area contributed by atoms with E-state index in [4.69, 9.17) is 0 Å². The van der Waals surface area contributed by atoms with Gasteiger partial charge in [-0.25, -0.2) is 8.42 Å². The molecule has 7 heteroatoms. The molecule has 2 fully saturated rings. The molecule has 144 valence electrons. The van der Waals surface area contributed by atoms with Crippen LogP contribution in [0.1, 0.15) is 44.9 Å². The lowest BCUT2D eigenvalue weighted by atomic mass is 9.88. The maximum Gasteiger partial charge on any atom is 0.244 e. The lowest BCUT2D eigenvalue weighted by molar-refractivity contribution is -0.136. The van der Waals surface area contributed by atoms with Crippen molar-refractivity contribution >= 4 is 15.9 Å². The van der Waals surface area contributed by atoms with Crippen molar-refractivity contribution in [3.63, 3.8) is 0 Å². The van der Waals surface area contributed by atoms with Crippen LogP contribution in [0.5, 0.6) is 0 Å². The first-order valence-electron chi connectivity index (χ1n) is 9.63. The van der Waals surface area contributed by atoms with E-state index in [0.717, 1.165) is 6.54 Å². The van der Waals surface area contributed by atoms with Crippen LogP contribution in [0.2, 0.25) is 0 Å². The number of piperidine rings is 1. The SMILES string of the molecule is CN(CC1CCCCC1)C(=O)C1CCN(S(=O)(=O)c2cccnc2)CC1. The summed E-state index contributed by atoms with van der Waals surface area (Å²) in [5.41, 5.74) is 0. The molecule has 1 saturated carbocycles. The molecular weight excluding hydrogens is 350 g/mol. The highest BCUT2D eigenvalue weighted by molar-refractivity contribution is 7.89. The number of pyridine rings is 1. The summed E-state index contributed by atoms with van der Waals surface area (Å²) in [4.78, 5) is 18.7. The highest BCUT2D eigenvalue weighted by Gasteiger charge is 2.33. The van der Waals surface area contributed by atoms with Crippen molar-refractivity contribution in [1.29, 1.82) is 0 Å². The van der Waals surface area contributed by atoms with E-state index in [1.54, 1.807) is 18.3 Å². The van der Waals surface area contributed by atoms with Gasteiger partial charge in [0.2, 0.25) is 15.9 Å². The Morgan fingerprint density at radius 3 is 2.50 bits per heavy atom. The number of carbonyl (C=O) groups excluding carboxylic acids is 1. The zero-order chi connectivity index (χ0) is 18.6. The quantitative estimate of drug-likeness (QED) is 0.788. The Morgan fingerprint density at radius 1 is 1.19 bits per heavy atom. The van der Waals surface area contributed by atoms with Crippen LogP contribution in [0, 0.1) is 11.8 Å². The molecule has 1 aliphatic heterocycles. The van der Waals surface area contributed by atoms with Crippen molar-refractivity contribution in [2.45, 2.75) is 49.8 Å². The summed E-state index contributed by atoms with van der Waals surface area (Å²) >= 11 is 0. The van der Waals surface area contributed by atoms with Gasteiger partial charge in [-0.15, -0.1) is 0 Å². The molecule has 2 aliphatic rings. The Balaban J connectivity index is 1.53. The van der Waals surface area contributed by atoms with Gasteiger partial charge in [-0.05, 0) is 43.7 Å². The minimum Gasteiger partial charge on any atom is -0.345 e. The highest BCUT2D eigenvalue weighted by atomic mass is 32.2. The number of nitrogens with zero attached hydrogens (tertiary/aromatic N) is 3. The van der Waals surface area contributed by atoms with Crippen molar-refractivity contribution in [2.75, 3.05) is 26.7 Å². The number of hydrogen-bond donors (Lipinski definition) is 0. The van der Waals surface area contributed by atoms with E-state index in [0.29, 0.717) is 31.8 Å². The van der Waals surface area contributed by atoms with Gasteiger partial charge in [-0.3, -0.25) is 9.78 Å². The summed E-state index contributed by atoms with van der Waals surface area (Å²) in [5, 5.41) is 0. The van der Waals surface area contributed by atoms with Crippen LogP contribution in [-0.2, 0) is 14.8 Å². The molecule has 0 atom stereocenters. The zero-order valence-electron chi connectivity index (χ0n) is 15.5. The molecule has 0 aromatic carbocycles. The molecule has 2 heterocycles. The summed E-state index contributed by atoms with van der Waals surface area (Å²) in [6.45, 7) is 1.63. The Hall–Kier alpha value is -1.47. The average molecular weight is 380 g/mol. The van der Waals surface area contributed by atoms with E-state index < -0.39 is 10.0 Å². The molecule has 0 unspecified atom stereocenters. The molecule has 0 spiro atoms. The van der Waals surface area contributed by atoms with Crippen molar-refractivity contribution in [3.8, 4) is 0 Å². The highest BCUT2D eigenvalue weighted by Crippen LogP contribution is 2.27. The monoisotopic (exact) mass is 379 g/mol. The number of rotatable bonds is 5. The third kappa shape index (κ3) is 4.43. The first-order valence-corrected chi connectivity index (χ1v) is 11.1. The van der Waals surface area contributed by atoms with Gasteiger partial charge in [0.25, 0.3) is 0 Å². The zero-order valence-corrected chi connectivity index (χ0v) is 16.3. The minimum atomic E-state index is -3.51. The molecule has 1 aromatic rings. The number of sulfonamides is 1. The largest absolute Gasteiger partial charge is 0.345 e.